The Bertz CT molecular complexity index is 584. The van der Waals surface area contributed by atoms with Gasteiger partial charge in [0.25, 0.3) is 0 Å². The van der Waals surface area contributed by atoms with Gasteiger partial charge in [0.05, 0.1) is 12.5 Å². The van der Waals surface area contributed by atoms with E-state index in [9.17, 15) is 9.18 Å². The highest BCUT2D eigenvalue weighted by Gasteiger charge is 2.37. The highest BCUT2D eigenvalue weighted by molar-refractivity contribution is 5.85. The van der Waals surface area contributed by atoms with Crippen LogP contribution in [-0.2, 0) is 11.3 Å². The van der Waals surface area contributed by atoms with Gasteiger partial charge < -0.3 is 15.4 Å². The largest absolute Gasteiger partial charge is 0.496 e. The zero-order chi connectivity index (χ0) is 18.4. The van der Waals surface area contributed by atoms with Gasteiger partial charge in [-0.1, -0.05) is 13.8 Å². The van der Waals surface area contributed by atoms with Crippen molar-refractivity contribution in [3.05, 3.63) is 29.6 Å². The van der Waals surface area contributed by atoms with Gasteiger partial charge in [-0.3, -0.25) is 9.69 Å². The van der Waals surface area contributed by atoms with Gasteiger partial charge in [-0.25, -0.2) is 4.39 Å². The van der Waals surface area contributed by atoms with E-state index < -0.39 is 5.41 Å². The molecule has 0 bridgehead atoms. The molecule has 5 nitrogen and oxygen atoms in total. The number of benzene rings is 1. The van der Waals surface area contributed by atoms with Crippen LogP contribution in [0.2, 0.25) is 0 Å². The van der Waals surface area contributed by atoms with E-state index in [-0.39, 0.29) is 36.5 Å². The molecule has 1 aliphatic rings. The third-order valence-corrected chi connectivity index (χ3v) is 5.49. The Morgan fingerprint density at radius 2 is 1.78 bits per heavy atom. The smallest absolute Gasteiger partial charge is 0.230 e. The Morgan fingerprint density at radius 3 is 2.26 bits per heavy atom. The maximum Gasteiger partial charge on any atom is 0.230 e. The average molecular weight is 424 g/mol. The Balaban J connectivity index is 0.00000338. The summed E-state index contributed by atoms with van der Waals surface area (Å²) >= 11 is 0. The SMILES string of the molecule is CCC(CC)(CN)C(=O)N1CCN(Cc2cc(F)ccc2OC)CC1.Cl.Cl. The number of hydrogen-bond acceptors (Lipinski definition) is 4. The fourth-order valence-electron chi connectivity index (χ4n) is 3.48. The van der Waals surface area contributed by atoms with Crippen molar-refractivity contribution in [2.75, 3.05) is 39.8 Å². The molecule has 27 heavy (non-hydrogen) atoms. The minimum Gasteiger partial charge on any atom is -0.496 e. The van der Waals surface area contributed by atoms with E-state index >= 15 is 0 Å². The lowest BCUT2D eigenvalue weighted by Crippen LogP contribution is -2.54. The van der Waals surface area contributed by atoms with Crippen molar-refractivity contribution in [3.8, 4) is 5.75 Å². The topological polar surface area (TPSA) is 58.8 Å². The summed E-state index contributed by atoms with van der Waals surface area (Å²) in [5.41, 5.74) is 6.30. The first-order valence-electron chi connectivity index (χ1n) is 9.03. The first kappa shape index (κ1) is 25.9. The Labute approximate surface area is 174 Å². The van der Waals surface area contributed by atoms with Crippen LogP contribution in [0.4, 0.5) is 4.39 Å². The average Bonchev–Trinajstić information content (AvgIpc) is 2.64. The maximum absolute atomic E-state index is 13.5. The lowest BCUT2D eigenvalue weighted by atomic mass is 9.81. The van der Waals surface area contributed by atoms with Gasteiger partial charge in [0, 0.05) is 44.8 Å². The number of halogens is 3. The fraction of sp³-hybridized carbons (Fsp3) is 0.632. The number of nitrogens with two attached hydrogens (primary N) is 1. The van der Waals surface area contributed by atoms with Crippen molar-refractivity contribution < 1.29 is 13.9 Å². The highest BCUT2D eigenvalue weighted by atomic mass is 35.5. The van der Waals surface area contributed by atoms with Crippen LogP contribution in [0.5, 0.6) is 5.75 Å². The van der Waals surface area contributed by atoms with Crippen molar-refractivity contribution in [1.29, 1.82) is 0 Å². The van der Waals surface area contributed by atoms with Crippen LogP contribution in [0.3, 0.4) is 0 Å². The molecule has 1 fully saturated rings. The lowest BCUT2D eigenvalue weighted by Gasteiger charge is -2.40. The van der Waals surface area contributed by atoms with Crippen LogP contribution in [0.25, 0.3) is 0 Å². The van der Waals surface area contributed by atoms with Gasteiger partial charge in [0.15, 0.2) is 0 Å². The Hall–Kier alpha value is -1.08. The van der Waals surface area contributed by atoms with Gasteiger partial charge >= 0.3 is 0 Å². The van der Waals surface area contributed by atoms with Crippen LogP contribution in [0.15, 0.2) is 18.2 Å². The van der Waals surface area contributed by atoms with Gasteiger partial charge in [-0.2, -0.15) is 0 Å². The minimum atomic E-state index is -0.437. The monoisotopic (exact) mass is 423 g/mol. The molecule has 1 aromatic rings. The summed E-state index contributed by atoms with van der Waals surface area (Å²) < 4.78 is 18.8. The number of carbonyl (C=O) groups excluding carboxylic acids is 1. The molecule has 0 aromatic heterocycles. The van der Waals surface area contributed by atoms with E-state index in [0.29, 0.717) is 31.9 Å². The first-order chi connectivity index (χ1) is 12.0. The number of methoxy groups -OCH3 is 1. The quantitative estimate of drug-likeness (QED) is 0.731. The molecule has 0 radical (unpaired) electrons. The molecular weight excluding hydrogens is 392 g/mol. The molecule has 0 saturated carbocycles. The van der Waals surface area contributed by atoms with Gasteiger partial charge in [-0.05, 0) is 31.0 Å². The van der Waals surface area contributed by atoms with Gasteiger partial charge in [0.1, 0.15) is 11.6 Å². The molecule has 2 rings (SSSR count). The molecule has 8 heteroatoms. The predicted molar refractivity (Wildman–Crippen MR) is 111 cm³/mol. The van der Waals surface area contributed by atoms with Crippen molar-refractivity contribution in [2.45, 2.75) is 33.2 Å². The van der Waals surface area contributed by atoms with E-state index in [0.717, 1.165) is 31.5 Å². The van der Waals surface area contributed by atoms with Gasteiger partial charge in [-0.15, -0.1) is 24.8 Å². The normalized spacial score (nSPS) is 14.9. The molecule has 0 unspecified atom stereocenters. The van der Waals surface area contributed by atoms with Crippen molar-refractivity contribution >= 4 is 30.7 Å². The van der Waals surface area contributed by atoms with Crippen LogP contribution in [0, 0.1) is 11.2 Å². The molecule has 156 valence electrons. The Morgan fingerprint density at radius 1 is 1.19 bits per heavy atom. The van der Waals surface area contributed by atoms with E-state index in [4.69, 9.17) is 10.5 Å². The molecule has 1 saturated heterocycles. The summed E-state index contributed by atoms with van der Waals surface area (Å²) in [7, 11) is 1.59. The van der Waals surface area contributed by atoms with Gasteiger partial charge in [0.2, 0.25) is 5.91 Å². The first-order valence-corrected chi connectivity index (χ1v) is 9.03. The van der Waals surface area contributed by atoms with Crippen LogP contribution < -0.4 is 10.5 Å². The molecule has 0 atom stereocenters. The molecule has 1 heterocycles. The van der Waals surface area contributed by atoms with E-state index in [1.165, 1.54) is 12.1 Å². The third kappa shape index (κ3) is 5.95. The third-order valence-electron chi connectivity index (χ3n) is 5.49. The van der Waals surface area contributed by atoms with Crippen molar-refractivity contribution in [1.82, 2.24) is 9.80 Å². The number of amides is 1. The number of rotatable bonds is 7. The molecule has 1 aliphatic heterocycles. The number of piperazine rings is 1. The number of hydrogen-bond donors (Lipinski definition) is 1. The summed E-state index contributed by atoms with van der Waals surface area (Å²) in [5, 5.41) is 0. The fourth-order valence-corrected chi connectivity index (χ4v) is 3.48. The van der Waals surface area contributed by atoms with E-state index in [2.05, 4.69) is 4.90 Å². The molecule has 2 N–H and O–H groups in total. The molecule has 0 aliphatic carbocycles. The number of ether oxygens (including phenoxy) is 1. The minimum absolute atomic E-state index is 0. The second kappa shape index (κ2) is 11.7. The summed E-state index contributed by atoms with van der Waals surface area (Å²) in [6.07, 6.45) is 1.53. The second-order valence-electron chi connectivity index (χ2n) is 6.72. The van der Waals surface area contributed by atoms with Crippen molar-refractivity contribution in [2.24, 2.45) is 11.1 Å². The second-order valence-corrected chi connectivity index (χ2v) is 6.72. The van der Waals surface area contributed by atoms with E-state index in [1.807, 2.05) is 18.7 Å². The zero-order valence-electron chi connectivity index (χ0n) is 16.4. The molecular formula is C19H32Cl2FN3O2. The zero-order valence-corrected chi connectivity index (χ0v) is 18.0. The summed E-state index contributed by atoms with van der Waals surface area (Å²) in [6.45, 7) is 7.95. The summed E-state index contributed by atoms with van der Waals surface area (Å²) in [6, 6.07) is 4.58. The Kier molecular flexibility index (Phi) is 11.2. The predicted octanol–water partition coefficient (Wildman–Crippen LogP) is 3.09. The van der Waals surface area contributed by atoms with Crippen LogP contribution >= 0.6 is 24.8 Å². The highest BCUT2D eigenvalue weighted by Crippen LogP contribution is 2.28. The van der Waals surface area contributed by atoms with Crippen molar-refractivity contribution in [3.63, 3.8) is 0 Å². The standard InChI is InChI=1S/C19H30FN3O2.2ClH/c1-4-19(5-2,14-21)18(24)23-10-8-22(9-11-23)13-15-12-16(20)6-7-17(15)25-3;;/h6-7,12H,4-5,8-11,13-14,21H2,1-3H3;2*1H. The molecule has 1 amide bonds. The number of carbonyl (C=O) groups is 1. The summed E-state index contributed by atoms with van der Waals surface area (Å²) in [5.74, 6) is 0.602. The van der Waals surface area contributed by atoms with Crippen LogP contribution in [0.1, 0.15) is 32.3 Å². The number of nitrogens with zero attached hydrogens (tertiary/aromatic N) is 2. The maximum atomic E-state index is 13.5. The lowest BCUT2D eigenvalue weighted by molar-refractivity contribution is -0.144. The molecule has 0 spiro atoms. The van der Waals surface area contributed by atoms with E-state index in [1.54, 1.807) is 13.2 Å². The van der Waals surface area contributed by atoms with Crippen LogP contribution in [-0.4, -0.2) is 55.5 Å². The summed E-state index contributed by atoms with van der Waals surface area (Å²) in [4.78, 5) is 17.0. The molecule has 1 aromatic carbocycles.